The fraction of sp³-hybridized carbons (Fsp3) is 0.333. The monoisotopic (exact) mass is 258 g/mol. The highest BCUT2D eigenvalue weighted by atomic mass is 16.5. The van der Waals surface area contributed by atoms with Gasteiger partial charge in [0.05, 0.1) is 24.2 Å². The number of esters is 1. The fourth-order valence-electron chi connectivity index (χ4n) is 2.01. The Morgan fingerprint density at radius 2 is 2.05 bits per heavy atom. The first-order valence-corrected chi connectivity index (χ1v) is 6.34. The van der Waals surface area contributed by atoms with Crippen LogP contribution in [0.5, 0.6) is 0 Å². The zero-order chi connectivity index (χ0) is 14.0. The van der Waals surface area contributed by atoms with Crippen LogP contribution in [0.2, 0.25) is 0 Å². The first-order valence-electron chi connectivity index (χ1n) is 6.34. The molecule has 0 amide bonds. The third-order valence-corrected chi connectivity index (χ3v) is 3.10. The second-order valence-corrected chi connectivity index (χ2v) is 4.57. The molecule has 0 atom stereocenters. The summed E-state index contributed by atoms with van der Waals surface area (Å²) in [5.41, 5.74) is 4.59. The minimum atomic E-state index is -0.323. The first kappa shape index (κ1) is 13.3. The number of aryl methyl sites for hydroxylation is 2. The van der Waals surface area contributed by atoms with E-state index in [0.717, 1.165) is 22.5 Å². The lowest BCUT2D eigenvalue weighted by atomic mass is 10.1. The number of nitrogens with zero attached hydrogens (tertiary/aromatic N) is 2. The van der Waals surface area contributed by atoms with E-state index in [0.29, 0.717) is 12.2 Å². The van der Waals surface area contributed by atoms with Crippen LogP contribution in [-0.4, -0.2) is 22.4 Å². The largest absolute Gasteiger partial charge is 0.462 e. The second kappa shape index (κ2) is 5.26. The Kier molecular flexibility index (Phi) is 3.69. The van der Waals surface area contributed by atoms with Crippen molar-refractivity contribution in [2.45, 2.75) is 27.7 Å². The molecule has 19 heavy (non-hydrogen) atoms. The fourth-order valence-corrected chi connectivity index (χ4v) is 2.01. The van der Waals surface area contributed by atoms with Crippen LogP contribution in [0.1, 0.15) is 34.1 Å². The van der Waals surface area contributed by atoms with Gasteiger partial charge in [0, 0.05) is 0 Å². The van der Waals surface area contributed by atoms with Gasteiger partial charge in [-0.25, -0.2) is 9.48 Å². The lowest BCUT2D eigenvalue weighted by Crippen LogP contribution is -2.07. The number of aromatic nitrogens is 2. The van der Waals surface area contributed by atoms with Gasteiger partial charge in [0.2, 0.25) is 0 Å². The van der Waals surface area contributed by atoms with Gasteiger partial charge >= 0.3 is 5.97 Å². The maximum atomic E-state index is 11.8. The summed E-state index contributed by atoms with van der Waals surface area (Å²) < 4.78 is 6.81. The van der Waals surface area contributed by atoms with Crippen molar-refractivity contribution in [3.8, 4) is 5.69 Å². The molecule has 0 aliphatic heterocycles. The van der Waals surface area contributed by atoms with Gasteiger partial charge < -0.3 is 4.74 Å². The van der Waals surface area contributed by atoms with Gasteiger partial charge in [-0.2, -0.15) is 5.10 Å². The van der Waals surface area contributed by atoms with Gasteiger partial charge in [0.1, 0.15) is 5.56 Å². The van der Waals surface area contributed by atoms with Crippen LogP contribution >= 0.6 is 0 Å². The van der Waals surface area contributed by atoms with Gasteiger partial charge in [-0.05, 0) is 44.9 Å². The van der Waals surface area contributed by atoms with E-state index in [2.05, 4.69) is 23.3 Å². The van der Waals surface area contributed by atoms with E-state index in [1.807, 2.05) is 20.8 Å². The molecular formula is C15H18N2O2. The van der Waals surface area contributed by atoms with Crippen LogP contribution in [0.3, 0.4) is 0 Å². The Balaban J connectivity index is 2.47. The van der Waals surface area contributed by atoms with Crippen LogP contribution in [0.4, 0.5) is 0 Å². The maximum absolute atomic E-state index is 11.8. The third-order valence-electron chi connectivity index (χ3n) is 3.10. The molecule has 0 aliphatic rings. The quantitative estimate of drug-likeness (QED) is 0.795. The van der Waals surface area contributed by atoms with Gasteiger partial charge in [-0.3, -0.25) is 0 Å². The minimum Gasteiger partial charge on any atom is -0.462 e. The van der Waals surface area contributed by atoms with Gasteiger partial charge in [-0.15, -0.1) is 0 Å². The van der Waals surface area contributed by atoms with Crippen LogP contribution in [0, 0.1) is 20.8 Å². The van der Waals surface area contributed by atoms with Crippen molar-refractivity contribution < 1.29 is 9.53 Å². The predicted molar refractivity (Wildman–Crippen MR) is 73.7 cm³/mol. The Bertz CT molecular complexity index is 615. The molecular weight excluding hydrogens is 240 g/mol. The average molecular weight is 258 g/mol. The Morgan fingerprint density at radius 3 is 2.74 bits per heavy atom. The molecule has 1 aromatic heterocycles. The van der Waals surface area contributed by atoms with Crippen molar-refractivity contribution in [1.82, 2.24) is 9.78 Å². The highest BCUT2D eigenvalue weighted by Crippen LogP contribution is 2.19. The lowest BCUT2D eigenvalue weighted by Gasteiger charge is -2.09. The Labute approximate surface area is 113 Å². The molecule has 1 heterocycles. The summed E-state index contributed by atoms with van der Waals surface area (Å²) in [6, 6.07) is 6.17. The maximum Gasteiger partial charge on any atom is 0.341 e. The smallest absolute Gasteiger partial charge is 0.341 e. The van der Waals surface area contributed by atoms with E-state index in [-0.39, 0.29) is 5.97 Å². The molecule has 2 aromatic rings. The standard InChI is InChI=1S/C15H18N2O2/c1-5-19-15(18)13-9-16-17(12(13)4)14-8-10(2)6-7-11(14)3/h6-9H,5H2,1-4H3. The number of carbonyl (C=O) groups is 1. The second-order valence-electron chi connectivity index (χ2n) is 4.57. The summed E-state index contributed by atoms with van der Waals surface area (Å²) in [7, 11) is 0. The molecule has 0 fully saturated rings. The molecule has 4 nitrogen and oxygen atoms in total. The average Bonchev–Trinajstić information content (AvgIpc) is 2.74. The van der Waals surface area contributed by atoms with Crippen LogP contribution < -0.4 is 0 Å². The van der Waals surface area contributed by atoms with Crippen LogP contribution in [0.25, 0.3) is 5.69 Å². The van der Waals surface area contributed by atoms with E-state index >= 15 is 0 Å². The molecule has 0 spiro atoms. The summed E-state index contributed by atoms with van der Waals surface area (Å²) in [4.78, 5) is 11.8. The molecule has 0 bridgehead atoms. The van der Waals surface area contributed by atoms with Gasteiger partial charge in [-0.1, -0.05) is 12.1 Å². The summed E-state index contributed by atoms with van der Waals surface area (Å²) >= 11 is 0. The predicted octanol–water partition coefficient (Wildman–Crippen LogP) is 2.97. The van der Waals surface area contributed by atoms with Crippen molar-refractivity contribution in [3.63, 3.8) is 0 Å². The Hall–Kier alpha value is -2.10. The van der Waals surface area contributed by atoms with E-state index in [4.69, 9.17) is 4.74 Å². The molecule has 0 aliphatic carbocycles. The lowest BCUT2D eigenvalue weighted by molar-refractivity contribution is 0.0525. The highest BCUT2D eigenvalue weighted by molar-refractivity contribution is 5.90. The number of hydrogen-bond acceptors (Lipinski definition) is 3. The number of hydrogen-bond donors (Lipinski definition) is 0. The van der Waals surface area contributed by atoms with Crippen molar-refractivity contribution in [2.75, 3.05) is 6.61 Å². The van der Waals surface area contributed by atoms with E-state index in [9.17, 15) is 4.79 Å². The molecule has 0 N–H and O–H groups in total. The molecule has 4 heteroatoms. The summed E-state index contributed by atoms with van der Waals surface area (Å²) in [5.74, 6) is -0.323. The minimum absolute atomic E-state index is 0.323. The summed E-state index contributed by atoms with van der Waals surface area (Å²) in [6.45, 7) is 8.10. The zero-order valence-electron chi connectivity index (χ0n) is 11.7. The SMILES string of the molecule is CCOC(=O)c1cnn(-c2cc(C)ccc2C)c1C. The van der Waals surface area contributed by atoms with Crippen molar-refractivity contribution >= 4 is 5.97 Å². The topological polar surface area (TPSA) is 44.1 Å². The highest BCUT2D eigenvalue weighted by Gasteiger charge is 2.16. The zero-order valence-corrected chi connectivity index (χ0v) is 11.7. The van der Waals surface area contributed by atoms with E-state index < -0.39 is 0 Å². The first-order chi connectivity index (χ1) is 9.04. The van der Waals surface area contributed by atoms with Crippen molar-refractivity contribution in [1.29, 1.82) is 0 Å². The van der Waals surface area contributed by atoms with Crippen molar-refractivity contribution in [3.05, 3.63) is 46.8 Å². The summed E-state index contributed by atoms with van der Waals surface area (Å²) in [5, 5.41) is 4.31. The molecule has 0 saturated heterocycles. The molecule has 0 saturated carbocycles. The third kappa shape index (κ3) is 2.52. The van der Waals surface area contributed by atoms with Gasteiger partial charge in [0.25, 0.3) is 0 Å². The van der Waals surface area contributed by atoms with E-state index in [1.165, 1.54) is 0 Å². The van der Waals surface area contributed by atoms with Crippen LogP contribution in [0.15, 0.2) is 24.4 Å². The molecule has 1 aromatic carbocycles. The molecule has 2 rings (SSSR count). The summed E-state index contributed by atoms with van der Waals surface area (Å²) in [6.07, 6.45) is 1.56. The van der Waals surface area contributed by atoms with E-state index in [1.54, 1.807) is 17.8 Å². The number of carbonyl (C=O) groups excluding carboxylic acids is 1. The number of ether oxygens (including phenoxy) is 1. The molecule has 0 radical (unpaired) electrons. The Morgan fingerprint density at radius 1 is 1.32 bits per heavy atom. The number of benzene rings is 1. The number of rotatable bonds is 3. The van der Waals surface area contributed by atoms with Crippen LogP contribution in [-0.2, 0) is 4.74 Å². The van der Waals surface area contributed by atoms with Gasteiger partial charge in [0.15, 0.2) is 0 Å². The molecule has 0 unspecified atom stereocenters. The van der Waals surface area contributed by atoms with Crippen molar-refractivity contribution in [2.24, 2.45) is 0 Å². The normalized spacial score (nSPS) is 10.5. The molecule has 100 valence electrons.